The molecule has 0 aromatic heterocycles. The van der Waals surface area contributed by atoms with E-state index in [9.17, 15) is 0 Å². The molecule has 0 spiro atoms. The molecule has 0 rings (SSSR count). The predicted molar refractivity (Wildman–Crippen MR) is 80.0 cm³/mol. The second-order valence-corrected chi connectivity index (χ2v) is 4.33. The van der Waals surface area contributed by atoms with Crippen LogP contribution in [0.4, 0.5) is 0 Å². The molecule has 0 aliphatic heterocycles. The molecular weight excluding hydrogens is 204 g/mol. The van der Waals surface area contributed by atoms with E-state index in [1.54, 1.807) is 0 Å². The maximum Gasteiger partial charge on any atom is 0.0146 e. The quantitative estimate of drug-likeness (QED) is 0.535. The van der Waals surface area contributed by atoms with Gasteiger partial charge in [-0.1, -0.05) is 75.6 Å². The Morgan fingerprint density at radius 1 is 0.941 bits per heavy atom. The minimum atomic E-state index is -0.0675. The largest absolute Gasteiger partial charge is 0.0991 e. The molecule has 0 aliphatic carbocycles. The van der Waals surface area contributed by atoms with E-state index in [0.717, 1.165) is 0 Å². The normalized spacial score (nSPS) is 14.6. The smallest absolute Gasteiger partial charge is 0.0146 e. The highest BCUT2D eigenvalue weighted by Crippen LogP contribution is 2.36. The summed E-state index contributed by atoms with van der Waals surface area (Å²) in [6.07, 6.45) is 16.1. The van der Waals surface area contributed by atoms with Gasteiger partial charge in [-0.3, -0.25) is 0 Å². The molecule has 0 amide bonds. The zero-order chi connectivity index (χ0) is 13.3. The van der Waals surface area contributed by atoms with E-state index in [4.69, 9.17) is 0 Å². The van der Waals surface area contributed by atoms with E-state index >= 15 is 0 Å². The number of hydrogen-bond acceptors (Lipinski definition) is 0. The van der Waals surface area contributed by atoms with Crippen LogP contribution in [0.15, 0.2) is 72.9 Å². The molecule has 0 unspecified atom stereocenters. The molecule has 0 aromatic rings. The second-order valence-electron chi connectivity index (χ2n) is 4.33. The summed E-state index contributed by atoms with van der Waals surface area (Å²) in [4.78, 5) is 0. The third-order valence-corrected chi connectivity index (χ3v) is 2.78. The van der Waals surface area contributed by atoms with E-state index < -0.39 is 0 Å². The molecule has 0 N–H and O–H groups in total. The maximum atomic E-state index is 3.90. The van der Waals surface area contributed by atoms with E-state index in [2.05, 4.69) is 39.2 Å². The van der Waals surface area contributed by atoms with Crippen LogP contribution in [0.5, 0.6) is 0 Å². The molecule has 0 saturated carbocycles. The minimum absolute atomic E-state index is 0.0675. The molecule has 0 fully saturated rings. The van der Waals surface area contributed by atoms with Gasteiger partial charge in [0.15, 0.2) is 0 Å². The van der Waals surface area contributed by atoms with Crippen LogP contribution in [-0.4, -0.2) is 0 Å². The minimum Gasteiger partial charge on any atom is -0.0991 e. The van der Waals surface area contributed by atoms with Crippen molar-refractivity contribution < 1.29 is 0 Å². The van der Waals surface area contributed by atoms with Crippen LogP contribution in [0.3, 0.4) is 0 Å². The van der Waals surface area contributed by atoms with Gasteiger partial charge in [0.1, 0.15) is 0 Å². The average molecular weight is 228 g/mol. The first-order valence-corrected chi connectivity index (χ1v) is 5.96. The Hall–Kier alpha value is -1.56. The lowest BCUT2D eigenvalue weighted by Crippen LogP contribution is -2.15. The molecule has 0 heteroatoms. The fraction of sp³-hybridized carbons (Fsp3) is 0.294. The second kappa shape index (κ2) is 7.67. The summed E-state index contributed by atoms with van der Waals surface area (Å²) in [6.45, 7) is 16.1. The van der Waals surface area contributed by atoms with Crippen molar-refractivity contribution in [2.24, 2.45) is 5.41 Å². The van der Waals surface area contributed by atoms with Crippen LogP contribution < -0.4 is 0 Å². The van der Waals surface area contributed by atoms with Gasteiger partial charge in [-0.05, 0) is 25.0 Å². The van der Waals surface area contributed by atoms with Crippen molar-refractivity contribution in [3.63, 3.8) is 0 Å². The average Bonchev–Trinajstić information content (AvgIpc) is 2.29. The van der Waals surface area contributed by atoms with Crippen molar-refractivity contribution in [1.82, 2.24) is 0 Å². The van der Waals surface area contributed by atoms with Gasteiger partial charge in [0.05, 0.1) is 0 Å². The van der Waals surface area contributed by atoms with Crippen molar-refractivity contribution in [3.8, 4) is 0 Å². The van der Waals surface area contributed by atoms with Crippen molar-refractivity contribution in [3.05, 3.63) is 72.9 Å². The topological polar surface area (TPSA) is 0 Å². The lowest BCUT2D eigenvalue weighted by molar-refractivity contribution is 0.566. The molecule has 0 bridgehead atoms. The van der Waals surface area contributed by atoms with Gasteiger partial charge in [0, 0.05) is 5.41 Å². The van der Waals surface area contributed by atoms with E-state index in [0.29, 0.717) is 0 Å². The molecular formula is C17H24. The van der Waals surface area contributed by atoms with Gasteiger partial charge in [-0.2, -0.15) is 0 Å². The zero-order valence-corrected chi connectivity index (χ0v) is 11.5. The molecule has 0 aliphatic rings. The first-order chi connectivity index (χ1) is 8.04. The third kappa shape index (κ3) is 4.44. The molecule has 17 heavy (non-hydrogen) atoms. The number of allylic oxidation sites excluding steroid dienone is 10. The van der Waals surface area contributed by atoms with Gasteiger partial charge in [0.25, 0.3) is 0 Å². The SMILES string of the molecule is C=C/C=C(\C=C/C)C(C)(C)/C(C=C)=C/C=C\C. The summed E-state index contributed by atoms with van der Waals surface area (Å²) in [5.74, 6) is 0. The summed E-state index contributed by atoms with van der Waals surface area (Å²) >= 11 is 0. The summed E-state index contributed by atoms with van der Waals surface area (Å²) in [7, 11) is 0. The highest BCUT2D eigenvalue weighted by atomic mass is 14.3. The van der Waals surface area contributed by atoms with Crippen molar-refractivity contribution in [2.75, 3.05) is 0 Å². The van der Waals surface area contributed by atoms with Crippen LogP contribution in [0.25, 0.3) is 0 Å². The van der Waals surface area contributed by atoms with Crippen LogP contribution >= 0.6 is 0 Å². The lowest BCUT2D eigenvalue weighted by Gasteiger charge is -2.28. The molecule has 0 aromatic carbocycles. The molecule has 0 radical (unpaired) electrons. The first-order valence-electron chi connectivity index (χ1n) is 5.96. The van der Waals surface area contributed by atoms with Crippen molar-refractivity contribution >= 4 is 0 Å². The summed E-state index contributed by atoms with van der Waals surface area (Å²) in [5, 5.41) is 0. The summed E-state index contributed by atoms with van der Waals surface area (Å²) in [5.41, 5.74) is 2.36. The van der Waals surface area contributed by atoms with Gasteiger partial charge in [0.2, 0.25) is 0 Å². The highest BCUT2D eigenvalue weighted by Gasteiger charge is 2.23. The van der Waals surface area contributed by atoms with Gasteiger partial charge in [-0.15, -0.1) is 0 Å². The third-order valence-electron chi connectivity index (χ3n) is 2.78. The number of hydrogen-bond donors (Lipinski definition) is 0. The molecule has 92 valence electrons. The fourth-order valence-corrected chi connectivity index (χ4v) is 1.68. The fourth-order valence-electron chi connectivity index (χ4n) is 1.68. The van der Waals surface area contributed by atoms with Gasteiger partial charge in [-0.25, -0.2) is 0 Å². The first kappa shape index (κ1) is 15.4. The van der Waals surface area contributed by atoms with E-state index in [1.807, 2.05) is 50.3 Å². The van der Waals surface area contributed by atoms with E-state index in [-0.39, 0.29) is 5.41 Å². The zero-order valence-electron chi connectivity index (χ0n) is 11.5. The van der Waals surface area contributed by atoms with Crippen LogP contribution in [0, 0.1) is 5.41 Å². The Labute approximate surface area is 106 Å². The Bertz CT molecular complexity index is 371. The lowest BCUT2D eigenvalue weighted by atomic mass is 9.76. The van der Waals surface area contributed by atoms with E-state index in [1.165, 1.54) is 11.1 Å². The van der Waals surface area contributed by atoms with Gasteiger partial charge >= 0.3 is 0 Å². The molecule has 0 heterocycles. The number of rotatable bonds is 6. The monoisotopic (exact) mass is 228 g/mol. The van der Waals surface area contributed by atoms with Crippen molar-refractivity contribution in [2.45, 2.75) is 27.7 Å². The molecule has 0 saturated heterocycles. The van der Waals surface area contributed by atoms with Crippen LogP contribution in [-0.2, 0) is 0 Å². The maximum absolute atomic E-state index is 3.90. The highest BCUT2D eigenvalue weighted by molar-refractivity contribution is 5.42. The van der Waals surface area contributed by atoms with Gasteiger partial charge < -0.3 is 0 Å². The Morgan fingerprint density at radius 3 is 2.00 bits per heavy atom. The molecule has 0 nitrogen and oxygen atoms in total. The standard InChI is InChI=1S/C17H24/c1-7-11-14-15(10-4)17(5,6)16(12-8-2)13-9-3/h7-14H,2,4H2,1,3,5-6H3/b11-7-,13-9-,15-14+,16-12+. The Balaban J connectivity index is 5.53. The Morgan fingerprint density at radius 2 is 1.59 bits per heavy atom. The summed E-state index contributed by atoms with van der Waals surface area (Å²) < 4.78 is 0. The van der Waals surface area contributed by atoms with Crippen LogP contribution in [0.2, 0.25) is 0 Å². The van der Waals surface area contributed by atoms with Crippen LogP contribution in [0.1, 0.15) is 27.7 Å². The molecule has 0 atom stereocenters. The Kier molecular flexibility index (Phi) is 6.97. The summed E-state index contributed by atoms with van der Waals surface area (Å²) in [6, 6.07) is 0. The predicted octanol–water partition coefficient (Wildman–Crippen LogP) is 5.39. The van der Waals surface area contributed by atoms with Crippen molar-refractivity contribution in [1.29, 1.82) is 0 Å².